The van der Waals surface area contributed by atoms with Gasteiger partial charge in [0.2, 0.25) is 15.9 Å². The zero-order valence-electron chi connectivity index (χ0n) is 17.1. The van der Waals surface area contributed by atoms with Crippen LogP contribution in [0.3, 0.4) is 0 Å². The minimum atomic E-state index is -3.59. The number of hydrogen-bond acceptors (Lipinski definition) is 4. The number of anilines is 2. The Kier molecular flexibility index (Phi) is 7.67. The summed E-state index contributed by atoms with van der Waals surface area (Å²) in [6.45, 7) is 2.56. The van der Waals surface area contributed by atoms with E-state index >= 15 is 0 Å². The van der Waals surface area contributed by atoms with Gasteiger partial charge in [-0.1, -0.05) is 23.2 Å². The number of piperazine rings is 1. The molecule has 1 fully saturated rings. The van der Waals surface area contributed by atoms with Crippen molar-refractivity contribution in [2.45, 2.75) is 12.8 Å². The average Bonchev–Trinajstić information content (AvgIpc) is 2.73. The molecule has 0 bridgehead atoms. The highest BCUT2D eigenvalue weighted by Crippen LogP contribution is 2.31. The summed E-state index contributed by atoms with van der Waals surface area (Å²) >= 11 is 12.2. The van der Waals surface area contributed by atoms with E-state index in [1.165, 1.54) is 22.5 Å². The van der Waals surface area contributed by atoms with Gasteiger partial charge < -0.3 is 9.80 Å². The summed E-state index contributed by atoms with van der Waals surface area (Å²) in [5.74, 6) is -0.302. The number of carbonyl (C=O) groups excluding carboxylic acids is 1. The SMILES string of the molecule is CS(=O)(=O)N(CCCC(=O)N1CCN(c2ccc(F)cc2)CC1)c1cc(Cl)ccc1Cl. The van der Waals surface area contributed by atoms with Crippen molar-refractivity contribution >= 4 is 50.5 Å². The molecular formula is C21H24Cl2FN3O3S. The van der Waals surface area contributed by atoms with E-state index in [9.17, 15) is 17.6 Å². The molecule has 0 atom stereocenters. The van der Waals surface area contributed by atoms with E-state index in [1.807, 2.05) is 0 Å². The molecule has 2 aromatic rings. The molecule has 1 aliphatic rings. The Bertz CT molecular complexity index is 1030. The fourth-order valence-corrected chi connectivity index (χ4v) is 4.94. The summed E-state index contributed by atoms with van der Waals surface area (Å²) in [6, 6.07) is 10.9. The van der Waals surface area contributed by atoms with Gasteiger partial charge >= 0.3 is 0 Å². The smallest absolute Gasteiger partial charge is 0.232 e. The lowest BCUT2D eigenvalue weighted by Gasteiger charge is -2.36. The van der Waals surface area contributed by atoms with E-state index in [0.717, 1.165) is 11.9 Å². The standard InChI is InChI=1S/C21H24Cl2FN3O3S/c1-31(29,30)27(20-15-16(22)4-9-19(20)23)10-2-3-21(28)26-13-11-25(12-14-26)18-7-5-17(24)6-8-18/h4-9,15H,2-3,10-14H2,1H3. The van der Waals surface area contributed by atoms with Crippen LogP contribution in [0.2, 0.25) is 10.0 Å². The molecule has 6 nitrogen and oxygen atoms in total. The van der Waals surface area contributed by atoms with Crippen molar-refractivity contribution in [3.63, 3.8) is 0 Å². The van der Waals surface area contributed by atoms with Crippen LogP contribution in [0.4, 0.5) is 15.8 Å². The zero-order chi connectivity index (χ0) is 22.6. The molecule has 2 aromatic carbocycles. The molecule has 1 aliphatic heterocycles. The number of amides is 1. The highest BCUT2D eigenvalue weighted by Gasteiger charge is 2.23. The average molecular weight is 488 g/mol. The Morgan fingerprint density at radius 2 is 1.71 bits per heavy atom. The van der Waals surface area contributed by atoms with Crippen LogP contribution in [0.5, 0.6) is 0 Å². The second kappa shape index (κ2) is 10.1. The minimum Gasteiger partial charge on any atom is -0.368 e. The first-order valence-electron chi connectivity index (χ1n) is 9.86. The summed E-state index contributed by atoms with van der Waals surface area (Å²) in [4.78, 5) is 16.5. The van der Waals surface area contributed by atoms with Gasteiger partial charge in [0.05, 0.1) is 17.0 Å². The molecular weight excluding hydrogens is 464 g/mol. The van der Waals surface area contributed by atoms with Crippen LogP contribution < -0.4 is 9.21 Å². The number of benzene rings is 2. The second-order valence-electron chi connectivity index (χ2n) is 7.38. The molecule has 0 aliphatic carbocycles. The van der Waals surface area contributed by atoms with Gasteiger partial charge in [-0.3, -0.25) is 9.10 Å². The van der Waals surface area contributed by atoms with Crippen LogP contribution in [-0.4, -0.2) is 58.2 Å². The number of halogens is 3. The molecule has 0 saturated carbocycles. The van der Waals surface area contributed by atoms with Gasteiger partial charge in [-0.05, 0) is 48.9 Å². The number of sulfonamides is 1. The highest BCUT2D eigenvalue weighted by atomic mass is 35.5. The van der Waals surface area contributed by atoms with Gasteiger partial charge in [0.25, 0.3) is 0 Å². The summed E-state index contributed by atoms with van der Waals surface area (Å²) in [5.41, 5.74) is 1.23. The maximum atomic E-state index is 13.1. The minimum absolute atomic E-state index is 0.0237. The summed E-state index contributed by atoms with van der Waals surface area (Å²) < 4.78 is 38.8. The molecule has 3 rings (SSSR count). The Labute approximate surface area is 192 Å². The first-order chi connectivity index (χ1) is 14.6. The molecule has 0 spiro atoms. The summed E-state index contributed by atoms with van der Waals surface area (Å²) in [6.07, 6.45) is 1.68. The van der Waals surface area contributed by atoms with Gasteiger partial charge in [0.15, 0.2) is 0 Å². The molecule has 0 aromatic heterocycles. The van der Waals surface area contributed by atoms with E-state index < -0.39 is 10.0 Å². The largest absolute Gasteiger partial charge is 0.368 e. The lowest BCUT2D eigenvalue weighted by atomic mass is 10.2. The lowest BCUT2D eigenvalue weighted by molar-refractivity contribution is -0.131. The fourth-order valence-electron chi connectivity index (χ4n) is 3.54. The first-order valence-corrected chi connectivity index (χ1v) is 12.5. The van der Waals surface area contributed by atoms with Crippen molar-refractivity contribution in [3.05, 3.63) is 58.3 Å². The lowest BCUT2D eigenvalue weighted by Crippen LogP contribution is -2.48. The van der Waals surface area contributed by atoms with Crippen molar-refractivity contribution in [2.24, 2.45) is 0 Å². The third-order valence-electron chi connectivity index (χ3n) is 5.15. The maximum absolute atomic E-state index is 13.1. The van der Waals surface area contributed by atoms with Gasteiger partial charge in [0, 0.05) is 49.9 Å². The van der Waals surface area contributed by atoms with Crippen molar-refractivity contribution in [1.82, 2.24) is 4.90 Å². The summed E-state index contributed by atoms with van der Waals surface area (Å²) in [5, 5.41) is 0.654. The van der Waals surface area contributed by atoms with Crippen molar-refractivity contribution in [1.29, 1.82) is 0 Å². The Hall–Kier alpha value is -2.03. The predicted molar refractivity (Wildman–Crippen MR) is 123 cm³/mol. The third kappa shape index (κ3) is 6.24. The molecule has 0 unspecified atom stereocenters. The predicted octanol–water partition coefficient (Wildman–Crippen LogP) is 4.03. The van der Waals surface area contributed by atoms with E-state index in [4.69, 9.17) is 23.2 Å². The number of carbonyl (C=O) groups is 1. The topological polar surface area (TPSA) is 60.9 Å². The fraction of sp³-hybridized carbons (Fsp3) is 0.381. The van der Waals surface area contributed by atoms with Crippen LogP contribution in [0.25, 0.3) is 0 Å². The molecule has 1 heterocycles. The molecule has 10 heteroatoms. The number of rotatable bonds is 7. The van der Waals surface area contributed by atoms with E-state index in [2.05, 4.69) is 4.90 Å². The Morgan fingerprint density at radius 3 is 2.32 bits per heavy atom. The maximum Gasteiger partial charge on any atom is 0.232 e. The van der Waals surface area contributed by atoms with E-state index in [-0.39, 0.29) is 29.7 Å². The number of nitrogens with zero attached hydrogens (tertiary/aromatic N) is 3. The van der Waals surface area contributed by atoms with Crippen LogP contribution in [0, 0.1) is 5.82 Å². The summed E-state index contributed by atoms with van der Waals surface area (Å²) in [7, 11) is -3.59. The molecule has 0 N–H and O–H groups in total. The molecule has 0 radical (unpaired) electrons. The monoisotopic (exact) mass is 487 g/mol. The van der Waals surface area contributed by atoms with Gasteiger partial charge in [0.1, 0.15) is 5.82 Å². The zero-order valence-corrected chi connectivity index (χ0v) is 19.4. The molecule has 1 saturated heterocycles. The van der Waals surface area contributed by atoms with Crippen LogP contribution in [0.15, 0.2) is 42.5 Å². The van der Waals surface area contributed by atoms with Crippen molar-refractivity contribution in [3.8, 4) is 0 Å². The Balaban J connectivity index is 1.54. The van der Waals surface area contributed by atoms with E-state index in [0.29, 0.717) is 43.3 Å². The van der Waals surface area contributed by atoms with Crippen LogP contribution >= 0.6 is 23.2 Å². The normalized spacial score (nSPS) is 14.6. The third-order valence-corrected chi connectivity index (χ3v) is 6.89. The molecule has 168 valence electrons. The van der Waals surface area contributed by atoms with Crippen molar-refractivity contribution < 1.29 is 17.6 Å². The Morgan fingerprint density at radius 1 is 1.06 bits per heavy atom. The van der Waals surface area contributed by atoms with Gasteiger partial charge in [-0.25, -0.2) is 12.8 Å². The molecule has 31 heavy (non-hydrogen) atoms. The first kappa shape index (κ1) is 23.6. The second-order valence-corrected chi connectivity index (χ2v) is 10.1. The highest BCUT2D eigenvalue weighted by molar-refractivity contribution is 7.92. The van der Waals surface area contributed by atoms with Crippen molar-refractivity contribution in [2.75, 3.05) is 48.2 Å². The van der Waals surface area contributed by atoms with Gasteiger partial charge in [-0.2, -0.15) is 0 Å². The van der Waals surface area contributed by atoms with E-state index in [1.54, 1.807) is 29.2 Å². The van der Waals surface area contributed by atoms with Crippen LogP contribution in [0.1, 0.15) is 12.8 Å². The molecule has 1 amide bonds. The quantitative estimate of drug-likeness (QED) is 0.591. The van der Waals surface area contributed by atoms with Crippen LogP contribution in [-0.2, 0) is 14.8 Å². The van der Waals surface area contributed by atoms with Gasteiger partial charge in [-0.15, -0.1) is 0 Å². The number of hydrogen-bond donors (Lipinski definition) is 0.